The third-order valence-corrected chi connectivity index (χ3v) is 2.91. The van der Waals surface area contributed by atoms with Gasteiger partial charge >= 0.3 is 0 Å². The normalized spacial score (nSPS) is 21.5. The van der Waals surface area contributed by atoms with Crippen LogP contribution in [0, 0.1) is 0 Å². The average molecular weight is 221 g/mol. The van der Waals surface area contributed by atoms with E-state index >= 15 is 0 Å². The van der Waals surface area contributed by atoms with Gasteiger partial charge in [0.05, 0.1) is 11.8 Å². The highest BCUT2D eigenvalue weighted by atomic mass is 16.3. The number of nitrogens with zero attached hydrogens (tertiary/aromatic N) is 3. The monoisotopic (exact) mass is 221 g/mol. The van der Waals surface area contributed by atoms with Gasteiger partial charge in [0, 0.05) is 18.5 Å². The molecule has 1 atom stereocenters. The van der Waals surface area contributed by atoms with Crippen LogP contribution in [0.15, 0.2) is 12.1 Å². The van der Waals surface area contributed by atoms with Crippen LogP contribution in [-0.2, 0) is 5.41 Å². The first-order chi connectivity index (χ1) is 7.47. The lowest BCUT2D eigenvalue weighted by Gasteiger charge is -2.19. The van der Waals surface area contributed by atoms with Crippen LogP contribution in [0.4, 0.5) is 5.82 Å². The fraction of sp³-hybridized carbons (Fsp3) is 0.667. The van der Waals surface area contributed by atoms with E-state index < -0.39 is 0 Å². The Kier molecular flexibility index (Phi) is 2.84. The second-order valence-electron chi connectivity index (χ2n) is 5.42. The van der Waals surface area contributed by atoms with E-state index in [0.717, 1.165) is 24.5 Å². The van der Waals surface area contributed by atoms with Crippen molar-refractivity contribution in [3.05, 3.63) is 17.8 Å². The SMILES string of the molecule is CC(C)(C)c1ccc(N2CC[C@@H](O)C2)nn1. The first kappa shape index (κ1) is 11.3. The van der Waals surface area contributed by atoms with Crippen LogP contribution < -0.4 is 4.90 Å². The van der Waals surface area contributed by atoms with Gasteiger partial charge in [-0.25, -0.2) is 0 Å². The number of anilines is 1. The maximum absolute atomic E-state index is 9.45. The number of aliphatic hydroxyl groups excluding tert-OH is 1. The predicted octanol–water partition coefficient (Wildman–Crippen LogP) is 1.35. The molecule has 2 heterocycles. The molecule has 0 aromatic carbocycles. The zero-order valence-electron chi connectivity index (χ0n) is 10.1. The van der Waals surface area contributed by atoms with Crippen molar-refractivity contribution in [2.24, 2.45) is 0 Å². The molecule has 4 nitrogen and oxygen atoms in total. The lowest BCUT2D eigenvalue weighted by molar-refractivity contribution is 0.198. The van der Waals surface area contributed by atoms with E-state index in [1.54, 1.807) is 0 Å². The Hall–Kier alpha value is -1.16. The van der Waals surface area contributed by atoms with Crippen molar-refractivity contribution in [3.8, 4) is 0 Å². The van der Waals surface area contributed by atoms with Gasteiger partial charge in [-0.2, -0.15) is 5.10 Å². The summed E-state index contributed by atoms with van der Waals surface area (Å²) in [5.74, 6) is 0.865. The van der Waals surface area contributed by atoms with E-state index in [0.29, 0.717) is 6.54 Å². The van der Waals surface area contributed by atoms with E-state index in [9.17, 15) is 5.11 Å². The van der Waals surface area contributed by atoms with E-state index in [1.165, 1.54) is 0 Å². The molecule has 4 heteroatoms. The number of hydrogen-bond acceptors (Lipinski definition) is 4. The summed E-state index contributed by atoms with van der Waals surface area (Å²) in [7, 11) is 0. The Morgan fingerprint density at radius 2 is 2.06 bits per heavy atom. The Morgan fingerprint density at radius 3 is 2.50 bits per heavy atom. The van der Waals surface area contributed by atoms with Crippen LogP contribution in [0.25, 0.3) is 0 Å². The van der Waals surface area contributed by atoms with Crippen molar-refractivity contribution in [2.75, 3.05) is 18.0 Å². The topological polar surface area (TPSA) is 49.2 Å². The summed E-state index contributed by atoms with van der Waals surface area (Å²) >= 11 is 0. The van der Waals surface area contributed by atoms with Gasteiger partial charge in [0.2, 0.25) is 0 Å². The predicted molar refractivity (Wildman–Crippen MR) is 63.6 cm³/mol. The molecule has 0 aliphatic carbocycles. The van der Waals surface area contributed by atoms with Crippen LogP contribution in [-0.4, -0.2) is 34.5 Å². The number of β-amino-alcohol motifs (C(OH)–C–C–N with tert-alkyl or cyclic N) is 1. The van der Waals surface area contributed by atoms with E-state index in [4.69, 9.17) is 0 Å². The summed E-state index contributed by atoms with van der Waals surface area (Å²) in [4.78, 5) is 2.07. The molecular weight excluding hydrogens is 202 g/mol. The van der Waals surface area contributed by atoms with Crippen LogP contribution in [0.2, 0.25) is 0 Å². The summed E-state index contributed by atoms with van der Waals surface area (Å²) in [5.41, 5.74) is 1.03. The molecule has 0 spiro atoms. The van der Waals surface area contributed by atoms with Gasteiger partial charge in [-0.3, -0.25) is 0 Å². The maximum Gasteiger partial charge on any atom is 0.151 e. The van der Waals surface area contributed by atoms with Gasteiger partial charge < -0.3 is 10.0 Å². The van der Waals surface area contributed by atoms with E-state index in [2.05, 4.69) is 35.9 Å². The molecule has 1 aromatic heterocycles. The van der Waals surface area contributed by atoms with Crippen molar-refractivity contribution >= 4 is 5.82 Å². The van der Waals surface area contributed by atoms with Crippen LogP contribution in [0.3, 0.4) is 0 Å². The summed E-state index contributed by atoms with van der Waals surface area (Å²) in [5, 5.41) is 17.9. The third-order valence-electron chi connectivity index (χ3n) is 2.91. The summed E-state index contributed by atoms with van der Waals surface area (Å²) in [6.45, 7) is 7.90. The van der Waals surface area contributed by atoms with Gasteiger partial charge in [0.15, 0.2) is 5.82 Å². The number of aliphatic hydroxyl groups is 1. The molecule has 1 saturated heterocycles. The first-order valence-corrected chi connectivity index (χ1v) is 5.74. The van der Waals surface area contributed by atoms with Gasteiger partial charge in [-0.05, 0) is 18.6 Å². The quantitative estimate of drug-likeness (QED) is 0.777. The molecule has 0 saturated carbocycles. The molecule has 1 fully saturated rings. The first-order valence-electron chi connectivity index (χ1n) is 5.74. The van der Waals surface area contributed by atoms with Crippen LogP contribution >= 0.6 is 0 Å². The molecule has 2 rings (SSSR count). The third kappa shape index (κ3) is 2.32. The Bertz CT molecular complexity index is 356. The van der Waals surface area contributed by atoms with Crippen molar-refractivity contribution in [2.45, 2.75) is 38.7 Å². The number of rotatable bonds is 1. The largest absolute Gasteiger partial charge is 0.391 e. The maximum atomic E-state index is 9.45. The van der Waals surface area contributed by atoms with E-state index in [1.807, 2.05) is 12.1 Å². The van der Waals surface area contributed by atoms with Crippen molar-refractivity contribution < 1.29 is 5.11 Å². The smallest absolute Gasteiger partial charge is 0.151 e. The Labute approximate surface area is 96.3 Å². The fourth-order valence-corrected chi connectivity index (χ4v) is 1.84. The molecule has 0 bridgehead atoms. The molecule has 0 radical (unpaired) electrons. The van der Waals surface area contributed by atoms with Crippen LogP contribution in [0.5, 0.6) is 0 Å². The van der Waals surface area contributed by atoms with Crippen molar-refractivity contribution in [1.29, 1.82) is 0 Å². The molecule has 0 unspecified atom stereocenters. The molecule has 1 aromatic rings. The minimum atomic E-state index is -0.218. The summed E-state index contributed by atoms with van der Waals surface area (Å²) in [6, 6.07) is 4.01. The second-order valence-corrected chi connectivity index (χ2v) is 5.42. The molecule has 1 aliphatic heterocycles. The molecule has 1 N–H and O–H groups in total. The van der Waals surface area contributed by atoms with Crippen LogP contribution in [0.1, 0.15) is 32.9 Å². The second kappa shape index (κ2) is 4.01. The van der Waals surface area contributed by atoms with Crippen molar-refractivity contribution in [1.82, 2.24) is 10.2 Å². The van der Waals surface area contributed by atoms with Gasteiger partial charge in [-0.1, -0.05) is 20.8 Å². The summed E-state index contributed by atoms with van der Waals surface area (Å²) < 4.78 is 0. The van der Waals surface area contributed by atoms with E-state index in [-0.39, 0.29) is 11.5 Å². The Morgan fingerprint density at radius 1 is 1.31 bits per heavy atom. The highest BCUT2D eigenvalue weighted by molar-refractivity contribution is 5.39. The zero-order chi connectivity index (χ0) is 11.8. The minimum Gasteiger partial charge on any atom is -0.391 e. The van der Waals surface area contributed by atoms with Crippen molar-refractivity contribution in [3.63, 3.8) is 0 Å². The number of hydrogen-bond donors (Lipinski definition) is 1. The lowest BCUT2D eigenvalue weighted by Crippen LogP contribution is -2.23. The molecular formula is C12H19N3O. The Balaban J connectivity index is 2.14. The zero-order valence-corrected chi connectivity index (χ0v) is 10.1. The summed E-state index contributed by atoms with van der Waals surface area (Å²) in [6.07, 6.45) is 0.604. The molecule has 16 heavy (non-hydrogen) atoms. The standard InChI is InChI=1S/C12H19N3O/c1-12(2,3)10-4-5-11(14-13-10)15-7-6-9(16)8-15/h4-5,9,16H,6-8H2,1-3H3/t9-/m1/s1. The highest BCUT2D eigenvalue weighted by Crippen LogP contribution is 2.22. The molecule has 1 aliphatic rings. The lowest BCUT2D eigenvalue weighted by atomic mass is 9.92. The minimum absolute atomic E-state index is 0.0378. The van der Waals surface area contributed by atoms with Gasteiger partial charge in [-0.15, -0.1) is 5.10 Å². The average Bonchev–Trinajstić information content (AvgIpc) is 2.64. The van der Waals surface area contributed by atoms with Gasteiger partial charge in [0.1, 0.15) is 0 Å². The molecule has 0 amide bonds. The molecule has 88 valence electrons. The highest BCUT2D eigenvalue weighted by Gasteiger charge is 2.22. The number of aromatic nitrogens is 2. The fourth-order valence-electron chi connectivity index (χ4n) is 1.84. The van der Waals surface area contributed by atoms with Gasteiger partial charge in [0.25, 0.3) is 0 Å².